The number of azo groups is 1. The van der Waals surface area contributed by atoms with Crippen molar-refractivity contribution in [2.24, 2.45) is 5.11 Å². The standard InChI is InChI=1S/C14H13N3O2/c1-11(12-7-9-15-10-8-12)16-17(19)14(18)13-5-3-2-4-6-13/h2-10,15H,1H3. The summed E-state index contributed by atoms with van der Waals surface area (Å²) in [6.07, 6.45) is 7.00. The highest BCUT2D eigenvalue weighted by Gasteiger charge is 2.16. The summed E-state index contributed by atoms with van der Waals surface area (Å²) in [5.41, 5.74) is 1.57. The fraction of sp³-hybridized carbons (Fsp3) is 0.0714. The molecule has 96 valence electrons. The van der Waals surface area contributed by atoms with E-state index in [0.29, 0.717) is 11.3 Å². The molecule has 1 amide bonds. The van der Waals surface area contributed by atoms with Gasteiger partial charge in [-0.25, -0.2) is 4.79 Å². The molecule has 0 fully saturated rings. The molecule has 2 rings (SSSR count). The molecule has 1 N–H and O–H groups in total. The molecule has 1 aromatic carbocycles. The zero-order valence-corrected chi connectivity index (χ0v) is 10.4. The minimum absolute atomic E-state index is 0.112. The fourth-order valence-corrected chi connectivity index (χ4v) is 1.56. The Hall–Kier alpha value is -2.69. The zero-order chi connectivity index (χ0) is 13.7. The van der Waals surface area contributed by atoms with Gasteiger partial charge in [-0.2, -0.15) is 0 Å². The van der Waals surface area contributed by atoms with E-state index in [1.807, 2.05) is 0 Å². The Balaban J connectivity index is 2.24. The number of allylic oxidation sites excluding steroid dienone is 4. The van der Waals surface area contributed by atoms with Gasteiger partial charge in [-0.05, 0) is 36.1 Å². The first-order valence-corrected chi connectivity index (χ1v) is 5.77. The summed E-state index contributed by atoms with van der Waals surface area (Å²) in [7, 11) is 0. The van der Waals surface area contributed by atoms with Crippen LogP contribution in [0.1, 0.15) is 17.3 Å². The molecular weight excluding hydrogens is 242 g/mol. The molecule has 5 nitrogen and oxygen atoms in total. The first-order valence-electron chi connectivity index (χ1n) is 5.77. The van der Waals surface area contributed by atoms with Crippen LogP contribution < -0.4 is 5.32 Å². The maximum absolute atomic E-state index is 11.8. The van der Waals surface area contributed by atoms with E-state index in [4.69, 9.17) is 0 Å². The van der Waals surface area contributed by atoms with Gasteiger partial charge in [0.1, 0.15) is 5.70 Å². The minimum atomic E-state index is -0.678. The van der Waals surface area contributed by atoms with Gasteiger partial charge in [0.2, 0.25) is 0 Å². The average Bonchev–Trinajstić information content (AvgIpc) is 2.48. The number of hydrogen-bond acceptors (Lipinski definition) is 4. The Bertz CT molecular complexity index is 584. The summed E-state index contributed by atoms with van der Waals surface area (Å²) in [5, 5.41) is 18.3. The minimum Gasteiger partial charge on any atom is -0.591 e. The normalized spacial score (nSPS) is 14.2. The molecule has 0 atom stereocenters. The molecule has 1 aliphatic rings. The summed E-state index contributed by atoms with van der Waals surface area (Å²) in [6, 6.07) is 8.33. The number of carbonyl (C=O) groups is 1. The lowest BCUT2D eigenvalue weighted by molar-refractivity contribution is -0.426. The number of benzene rings is 1. The highest BCUT2D eigenvalue weighted by atomic mass is 16.5. The third-order valence-corrected chi connectivity index (χ3v) is 2.57. The number of hydroxylamine groups is 1. The largest absolute Gasteiger partial charge is 0.591 e. The second kappa shape index (κ2) is 5.77. The molecule has 0 saturated carbocycles. The van der Waals surface area contributed by atoms with Gasteiger partial charge in [-0.15, -0.1) is 0 Å². The van der Waals surface area contributed by atoms with Crippen LogP contribution in [-0.4, -0.2) is 10.8 Å². The molecule has 0 radical (unpaired) electrons. The van der Waals surface area contributed by atoms with Gasteiger partial charge in [0, 0.05) is 23.1 Å². The molecule has 1 aliphatic heterocycles. The van der Waals surface area contributed by atoms with E-state index in [0.717, 1.165) is 5.57 Å². The quantitative estimate of drug-likeness (QED) is 0.502. The monoisotopic (exact) mass is 255 g/mol. The Morgan fingerprint density at radius 3 is 2.47 bits per heavy atom. The van der Waals surface area contributed by atoms with Gasteiger partial charge < -0.3 is 10.5 Å². The van der Waals surface area contributed by atoms with Gasteiger partial charge in [0.15, 0.2) is 0 Å². The van der Waals surface area contributed by atoms with E-state index in [2.05, 4.69) is 10.4 Å². The second-order valence-electron chi connectivity index (χ2n) is 3.92. The number of nitrogens with one attached hydrogen (secondary N) is 1. The highest BCUT2D eigenvalue weighted by Crippen LogP contribution is 2.12. The van der Waals surface area contributed by atoms with E-state index in [1.165, 1.54) is 0 Å². The van der Waals surface area contributed by atoms with Crippen LogP contribution in [0.5, 0.6) is 0 Å². The smallest absolute Gasteiger partial charge is 0.456 e. The number of amides is 1. The van der Waals surface area contributed by atoms with Gasteiger partial charge in [0.05, 0.1) is 5.56 Å². The fourth-order valence-electron chi connectivity index (χ4n) is 1.56. The van der Waals surface area contributed by atoms with Crippen LogP contribution in [0.25, 0.3) is 0 Å². The first kappa shape index (κ1) is 12.8. The van der Waals surface area contributed by atoms with Crippen molar-refractivity contribution in [2.75, 3.05) is 0 Å². The third kappa shape index (κ3) is 3.16. The molecule has 0 unspecified atom stereocenters. The van der Waals surface area contributed by atoms with E-state index in [-0.39, 0.29) is 4.86 Å². The molecule has 0 spiro atoms. The number of hydrogen-bond donors (Lipinski definition) is 1. The maximum atomic E-state index is 11.8. The lowest BCUT2D eigenvalue weighted by Crippen LogP contribution is -2.13. The summed E-state index contributed by atoms with van der Waals surface area (Å²) >= 11 is 0. The number of rotatable bonds is 2. The van der Waals surface area contributed by atoms with Crippen molar-refractivity contribution in [3.8, 4) is 0 Å². The number of nitrogens with zero attached hydrogens (tertiary/aromatic N) is 2. The number of carbonyl (C=O) groups excluding carboxylic acids is 1. The van der Waals surface area contributed by atoms with Crippen molar-refractivity contribution in [3.63, 3.8) is 0 Å². The molecule has 1 heterocycles. The van der Waals surface area contributed by atoms with Crippen molar-refractivity contribution in [3.05, 3.63) is 76.9 Å². The van der Waals surface area contributed by atoms with Crippen LogP contribution in [0.3, 0.4) is 0 Å². The van der Waals surface area contributed by atoms with Crippen molar-refractivity contribution >= 4 is 5.91 Å². The highest BCUT2D eigenvalue weighted by molar-refractivity contribution is 5.87. The Labute approximate surface area is 110 Å². The van der Waals surface area contributed by atoms with Gasteiger partial charge in [-0.1, -0.05) is 18.2 Å². The molecule has 1 aromatic rings. The Morgan fingerprint density at radius 1 is 1.21 bits per heavy atom. The van der Waals surface area contributed by atoms with Crippen LogP contribution in [0, 0.1) is 5.21 Å². The zero-order valence-electron chi connectivity index (χ0n) is 10.4. The first-order chi connectivity index (χ1) is 9.18. The van der Waals surface area contributed by atoms with Crippen molar-refractivity contribution in [1.29, 1.82) is 0 Å². The van der Waals surface area contributed by atoms with Gasteiger partial charge >= 0.3 is 5.91 Å². The van der Waals surface area contributed by atoms with E-state index < -0.39 is 5.91 Å². The lowest BCUT2D eigenvalue weighted by atomic mass is 10.2. The molecule has 0 aromatic heterocycles. The average molecular weight is 255 g/mol. The summed E-state index contributed by atoms with van der Waals surface area (Å²) < 4.78 is 0. The van der Waals surface area contributed by atoms with E-state index in [1.54, 1.807) is 61.8 Å². The van der Waals surface area contributed by atoms with Crippen LogP contribution >= 0.6 is 0 Å². The summed E-state index contributed by atoms with van der Waals surface area (Å²) in [5.74, 6) is -0.678. The molecule has 0 saturated heterocycles. The van der Waals surface area contributed by atoms with E-state index >= 15 is 0 Å². The lowest BCUT2D eigenvalue weighted by Gasteiger charge is -2.03. The number of dihydropyridines is 1. The molecule has 0 aliphatic carbocycles. The Kier molecular flexibility index (Phi) is 3.87. The maximum Gasteiger partial charge on any atom is 0.456 e. The molecule has 5 heteroatoms. The van der Waals surface area contributed by atoms with Crippen LogP contribution in [0.4, 0.5) is 0 Å². The van der Waals surface area contributed by atoms with Crippen molar-refractivity contribution in [2.45, 2.75) is 6.92 Å². The third-order valence-electron chi connectivity index (χ3n) is 2.57. The second-order valence-corrected chi connectivity index (χ2v) is 3.92. The molecule has 19 heavy (non-hydrogen) atoms. The van der Waals surface area contributed by atoms with Gasteiger partial charge in [0.25, 0.3) is 0 Å². The van der Waals surface area contributed by atoms with Crippen LogP contribution in [0.15, 0.2) is 71.3 Å². The summed E-state index contributed by atoms with van der Waals surface area (Å²) in [6.45, 7) is 1.68. The molecule has 0 bridgehead atoms. The van der Waals surface area contributed by atoms with Crippen molar-refractivity contribution < 1.29 is 9.66 Å². The topological polar surface area (TPSA) is 67.5 Å². The summed E-state index contributed by atoms with van der Waals surface area (Å²) in [4.78, 5) is 11.9. The Morgan fingerprint density at radius 2 is 1.84 bits per heavy atom. The molecular formula is C14H13N3O2. The van der Waals surface area contributed by atoms with Crippen molar-refractivity contribution in [1.82, 2.24) is 5.32 Å². The van der Waals surface area contributed by atoms with Crippen LogP contribution in [-0.2, 0) is 0 Å². The van der Waals surface area contributed by atoms with Crippen LogP contribution in [0.2, 0.25) is 0 Å². The predicted molar refractivity (Wildman–Crippen MR) is 70.9 cm³/mol. The van der Waals surface area contributed by atoms with Gasteiger partial charge in [-0.3, -0.25) is 0 Å². The van der Waals surface area contributed by atoms with E-state index in [9.17, 15) is 10.0 Å². The predicted octanol–water partition coefficient (Wildman–Crippen LogP) is 2.69. The SMILES string of the molecule is CC(N=[N+]([O-])C(=O)c1ccccc1)=C1C=CNC=C1.